The number of carbonyl (C=O) groups is 1. The molecule has 1 aromatic carbocycles. The van der Waals surface area contributed by atoms with Gasteiger partial charge in [-0.05, 0) is 30.7 Å². The molecule has 0 aliphatic carbocycles. The van der Waals surface area contributed by atoms with Crippen LogP contribution in [0.5, 0.6) is 5.75 Å². The van der Waals surface area contributed by atoms with E-state index in [9.17, 15) is 4.79 Å². The Bertz CT molecular complexity index is 480. The van der Waals surface area contributed by atoms with Crippen molar-refractivity contribution >= 4 is 5.97 Å². The molecule has 0 saturated carbocycles. The van der Waals surface area contributed by atoms with Crippen molar-refractivity contribution in [2.24, 2.45) is 0 Å². The van der Waals surface area contributed by atoms with E-state index in [1.807, 2.05) is 18.2 Å². The lowest BCUT2D eigenvalue weighted by atomic mass is 10.1. The normalized spacial score (nSPS) is 12.1. The Labute approximate surface area is 101 Å². The van der Waals surface area contributed by atoms with Crippen molar-refractivity contribution < 1.29 is 14.3 Å². The predicted molar refractivity (Wildman–Crippen MR) is 63.8 cm³/mol. The van der Waals surface area contributed by atoms with E-state index in [-0.39, 0.29) is 12.4 Å². The molecule has 0 N–H and O–H groups in total. The SMILES string of the molecule is CCOC(=O)CC#Cc1ccc2c(c1)CCO2. The second-order valence-electron chi connectivity index (χ2n) is 3.70. The van der Waals surface area contributed by atoms with Gasteiger partial charge in [0.05, 0.1) is 13.2 Å². The number of hydrogen-bond acceptors (Lipinski definition) is 3. The molecule has 1 aliphatic heterocycles. The van der Waals surface area contributed by atoms with Gasteiger partial charge in [0.25, 0.3) is 0 Å². The van der Waals surface area contributed by atoms with Crippen LogP contribution in [0.15, 0.2) is 18.2 Å². The first-order valence-electron chi connectivity index (χ1n) is 5.70. The molecule has 0 saturated heterocycles. The molecule has 17 heavy (non-hydrogen) atoms. The third-order valence-corrected chi connectivity index (χ3v) is 2.46. The molecular formula is C14H14O3. The fraction of sp³-hybridized carbons (Fsp3) is 0.357. The van der Waals surface area contributed by atoms with Crippen LogP contribution >= 0.6 is 0 Å². The van der Waals surface area contributed by atoms with Crippen LogP contribution < -0.4 is 4.74 Å². The van der Waals surface area contributed by atoms with Crippen LogP contribution in [0.1, 0.15) is 24.5 Å². The third kappa shape index (κ3) is 3.01. The quantitative estimate of drug-likeness (QED) is 0.575. The van der Waals surface area contributed by atoms with E-state index in [4.69, 9.17) is 9.47 Å². The van der Waals surface area contributed by atoms with Crippen molar-refractivity contribution in [3.63, 3.8) is 0 Å². The minimum Gasteiger partial charge on any atom is -0.493 e. The van der Waals surface area contributed by atoms with Crippen LogP contribution in [0.25, 0.3) is 0 Å². The summed E-state index contributed by atoms with van der Waals surface area (Å²) in [7, 11) is 0. The van der Waals surface area contributed by atoms with Crippen LogP contribution in [0.2, 0.25) is 0 Å². The molecule has 1 heterocycles. The molecule has 0 spiro atoms. The van der Waals surface area contributed by atoms with Gasteiger partial charge >= 0.3 is 5.97 Å². The highest BCUT2D eigenvalue weighted by molar-refractivity contribution is 5.72. The van der Waals surface area contributed by atoms with Crippen molar-refractivity contribution in [1.82, 2.24) is 0 Å². The zero-order valence-electron chi connectivity index (χ0n) is 9.79. The van der Waals surface area contributed by atoms with Gasteiger partial charge in [-0.2, -0.15) is 0 Å². The Morgan fingerprint density at radius 1 is 1.53 bits per heavy atom. The standard InChI is InChI=1S/C14H14O3/c1-2-16-14(15)5-3-4-11-6-7-13-12(10-11)8-9-17-13/h6-7,10H,2,5,8-9H2,1H3. The molecule has 2 rings (SSSR count). The highest BCUT2D eigenvalue weighted by atomic mass is 16.5. The van der Waals surface area contributed by atoms with Crippen molar-refractivity contribution in [3.05, 3.63) is 29.3 Å². The van der Waals surface area contributed by atoms with Gasteiger partial charge in [-0.1, -0.05) is 11.8 Å². The van der Waals surface area contributed by atoms with Gasteiger partial charge in [-0.25, -0.2) is 0 Å². The Kier molecular flexibility index (Phi) is 3.66. The van der Waals surface area contributed by atoms with E-state index in [1.54, 1.807) is 6.92 Å². The molecule has 0 bridgehead atoms. The summed E-state index contributed by atoms with van der Waals surface area (Å²) in [6.45, 7) is 2.93. The first kappa shape index (κ1) is 11.5. The maximum Gasteiger partial charge on any atom is 0.317 e. The fourth-order valence-corrected chi connectivity index (χ4v) is 1.69. The summed E-state index contributed by atoms with van der Waals surface area (Å²) in [5.41, 5.74) is 2.10. The van der Waals surface area contributed by atoms with E-state index in [0.29, 0.717) is 6.61 Å². The summed E-state index contributed by atoms with van der Waals surface area (Å²) in [6, 6.07) is 5.85. The van der Waals surface area contributed by atoms with Gasteiger partial charge in [0.15, 0.2) is 0 Å². The average molecular weight is 230 g/mol. The van der Waals surface area contributed by atoms with Crippen LogP contribution in [0, 0.1) is 11.8 Å². The smallest absolute Gasteiger partial charge is 0.317 e. The molecule has 1 aliphatic rings. The monoisotopic (exact) mass is 230 g/mol. The summed E-state index contributed by atoms with van der Waals surface area (Å²) in [4.78, 5) is 11.1. The molecule has 1 aromatic rings. The Morgan fingerprint density at radius 2 is 2.41 bits per heavy atom. The first-order chi connectivity index (χ1) is 8.29. The number of fused-ring (bicyclic) bond motifs is 1. The zero-order valence-corrected chi connectivity index (χ0v) is 9.79. The maximum absolute atomic E-state index is 11.1. The summed E-state index contributed by atoms with van der Waals surface area (Å²) >= 11 is 0. The van der Waals surface area contributed by atoms with E-state index < -0.39 is 0 Å². The second kappa shape index (κ2) is 5.40. The maximum atomic E-state index is 11.1. The molecule has 3 heteroatoms. The number of rotatable bonds is 2. The minimum atomic E-state index is -0.274. The number of ether oxygens (including phenoxy) is 2. The van der Waals surface area contributed by atoms with Crippen molar-refractivity contribution in [1.29, 1.82) is 0 Å². The topological polar surface area (TPSA) is 35.5 Å². The molecule has 3 nitrogen and oxygen atoms in total. The summed E-state index contributed by atoms with van der Waals surface area (Å²) in [6.07, 6.45) is 1.07. The van der Waals surface area contributed by atoms with E-state index in [0.717, 1.165) is 24.3 Å². The van der Waals surface area contributed by atoms with Crippen LogP contribution in [-0.4, -0.2) is 19.2 Å². The largest absolute Gasteiger partial charge is 0.493 e. The Hall–Kier alpha value is -1.95. The minimum absolute atomic E-state index is 0.140. The van der Waals surface area contributed by atoms with Gasteiger partial charge < -0.3 is 9.47 Å². The third-order valence-electron chi connectivity index (χ3n) is 2.46. The Morgan fingerprint density at radius 3 is 3.24 bits per heavy atom. The molecule has 0 fully saturated rings. The van der Waals surface area contributed by atoms with Crippen molar-refractivity contribution in [2.75, 3.05) is 13.2 Å². The summed E-state index contributed by atoms with van der Waals surface area (Å²) in [5, 5.41) is 0. The van der Waals surface area contributed by atoms with Crippen molar-refractivity contribution in [2.45, 2.75) is 19.8 Å². The molecule has 88 valence electrons. The predicted octanol–water partition coefficient (Wildman–Crippen LogP) is 1.93. The van der Waals surface area contributed by atoms with Gasteiger partial charge in [0, 0.05) is 12.0 Å². The number of benzene rings is 1. The van der Waals surface area contributed by atoms with Crippen LogP contribution in [0.4, 0.5) is 0 Å². The summed E-state index contributed by atoms with van der Waals surface area (Å²) < 4.78 is 10.2. The highest BCUT2D eigenvalue weighted by Gasteiger charge is 2.10. The van der Waals surface area contributed by atoms with Crippen molar-refractivity contribution in [3.8, 4) is 17.6 Å². The lowest BCUT2D eigenvalue weighted by molar-refractivity contribution is -0.141. The van der Waals surface area contributed by atoms with Gasteiger partial charge in [0.2, 0.25) is 0 Å². The van der Waals surface area contributed by atoms with Gasteiger partial charge in [-0.15, -0.1) is 0 Å². The molecule has 0 radical (unpaired) electrons. The number of carbonyl (C=O) groups excluding carboxylic acids is 1. The van der Waals surface area contributed by atoms with E-state index in [1.165, 1.54) is 5.56 Å². The summed E-state index contributed by atoms with van der Waals surface area (Å²) in [5.74, 6) is 6.44. The number of hydrogen-bond donors (Lipinski definition) is 0. The highest BCUT2D eigenvalue weighted by Crippen LogP contribution is 2.25. The second-order valence-corrected chi connectivity index (χ2v) is 3.70. The van der Waals surface area contributed by atoms with Crippen LogP contribution in [-0.2, 0) is 16.0 Å². The first-order valence-corrected chi connectivity index (χ1v) is 5.70. The molecule has 0 unspecified atom stereocenters. The lowest BCUT2D eigenvalue weighted by Gasteiger charge is -1.98. The number of esters is 1. The van der Waals surface area contributed by atoms with E-state index >= 15 is 0 Å². The average Bonchev–Trinajstić information content (AvgIpc) is 2.76. The molecule has 0 aromatic heterocycles. The van der Waals surface area contributed by atoms with Crippen LogP contribution in [0.3, 0.4) is 0 Å². The van der Waals surface area contributed by atoms with Gasteiger partial charge in [0.1, 0.15) is 12.2 Å². The Balaban J connectivity index is 1.99. The van der Waals surface area contributed by atoms with Gasteiger partial charge in [-0.3, -0.25) is 4.79 Å². The zero-order chi connectivity index (χ0) is 12.1. The molecule has 0 amide bonds. The lowest BCUT2D eigenvalue weighted by Crippen LogP contribution is -2.01. The molecule has 0 atom stereocenters. The fourth-order valence-electron chi connectivity index (χ4n) is 1.69. The molecular weight excluding hydrogens is 216 g/mol. The van der Waals surface area contributed by atoms with E-state index in [2.05, 4.69) is 11.8 Å².